The third-order valence-corrected chi connectivity index (χ3v) is 7.37. The van der Waals surface area contributed by atoms with E-state index in [1.165, 1.54) is 0 Å². The zero-order chi connectivity index (χ0) is 25.4. The van der Waals surface area contributed by atoms with Crippen LogP contribution in [0, 0.1) is 0 Å². The molecule has 2 aliphatic rings. The molecule has 1 aromatic carbocycles. The molecule has 9 heteroatoms. The number of aryl methyl sites for hydroxylation is 1. The fourth-order valence-electron chi connectivity index (χ4n) is 5.32. The van der Waals surface area contributed by atoms with E-state index in [2.05, 4.69) is 51.3 Å². The number of ketones is 1. The van der Waals surface area contributed by atoms with Crippen LogP contribution in [0.25, 0.3) is 11.4 Å². The molecule has 9 nitrogen and oxygen atoms in total. The minimum Gasteiger partial charge on any atom is -0.368 e. The molecule has 1 amide bonds. The topological polar surface area (TPSA) is 130 Å². The van der Waals surface area contributed by atoms with Crippen LogP contribution >= 0.6 is 0 Å². The number of amides is 1. The van der Waals surface area contributed by atoms with Gasteiger partial charge in [-0.05, 0) is 74.5 Å². The fourth-order valence-corrected chi connectivity index (χ4v) is 5.32. The summed E-state index contributed by atoms with van der Waals surface area (Å²) in [5.74, 6) is 0.161. The molecule has 4 N–H and O–H groups in total. The number of benzene rings is 1. The van der Waals surface area contributed by atoms with Gasteiger partial charge in [0.2, 0.25) is 5.95 Å². The molecular weight excluding hydrogens is 454 g/mol. The zero-order valence-electron chi connectivity index (χ0n) is 21.1. The summed E-state index contributed by atoms with van der Waals surface area (Å²) in [5.41, 5.74) is 11.0. The van der Waals surface area contributed by atoms with E-state index in [1.54, 1.807) is 6.20 Å². The molecule has 3 heterocycles. The molecule has 1 fully saturated rings. The third kappa shape index (κ3) is 4.75. The van der Waals surface area contributed by atoms with Crippen molar-refractivity contribution < 1.29 is 9.59 Å². The smallest absolute Gasteiger partial charge is 0.251 e. The number of piperidine rings is 1. The van der Waals surface area contributed by atoms with E-state index in [0.717, 1.165) is 42.6 Å². The molecule has 1 saturated heterocycles. The van der Waals surface area contributed by atoms with Crippen molar-refractivity contribution in [3.05, 3.63) is 58.4 Å². The molecule has 5 rings (SSSR count). The van der Waals surface area contributed by atoms with Crippen molar-refractivity contribution in [2.75, 3.05) is 25.9 Å². The highest BCUT2D eigenvalue weighted by atomic mass is 16.1. The van der Waals surface area contributed by atoms with Crippen LogP contribution in [0.1, 0.15) is 70.6 Å². The summed E-state index contributed by atoms with van der Waals surface area (Å²) in [6, 6.07) is 7.77. The second-order valence-corrected chi connectivity index (χ2v) is 10.7. The van der Waals surface area contributed by atoms with Crippen molar-refractivity contribution in [1.82, 2.24) is 30.4 Å². The van der Waals surface area contributed by atoms with Gasteiger partial charge in [-0.25, -0.2) is 9.97 Å². The number of carbonyl (C=O) groups excluding carboxylic acids is 2. The van der Waals surface area contributed by atoms with E-state index < -0.39 is 0 Å². The monoisotopic (exact) mass is 487 g/mol. The Labute approximate surface area is 210 Å². The number of fused-ring (bicyclic) bond motifs is 3. The van der Waals surface area contributed by atoms with Gasteiger partial charge in [0.15, 0.2) is 5.78 Å². The van der Waals surface area contributed by atoms with Crippen molar-refractivity contribution >= 4 is 17.6 Å². The molecular formula is C27H33N7O2. The first-order valence-corrected chi connectivity index (χ1v) is 12.5. The summed E-state index contributed by atoms with van der Waals surface area (Å²) in [6.07, 6.45) is 5.32. The predicted octanol–water partition coefficient (Wildman–Crippen LogP) is 2.92. The number of aromatic amines is 1. The summed E-state index contributed by atoms with van der Waals surface area (Å²) >= 11 is 0. The van der Waals surface area contributed by atoms with Crippen LogP contribution in [0.15, 0.2) is 30.5 Å². The highest BCUT2D eigenvalue weighted by molar-refractivity contribution is 5.98. The Morgan fingerprint density at radius 1 is 1.17 bits per heavy atom. The highest BCUT2D eigenvalue weighted by Gasteiger charge is 2.38. The normalized spacial score (nSPS) is 17.3. The summed E-state index contributed by atoms with van der Waals surface area (Å²) in [7, 11) is 2.10. The molecule has 3 aromatic rings. The minimum atomic E-state index is -0.289. The first-order chi connectivity index (χ1) is 17.2. The van der Waals surface area contributed by atoms with E-state index in [1.807, 2.05) is 24.3 Å². The molecule has 0 spiro atoms. The van der Waals surface area contributed by atoms with Crippen molar-refractivity contribution in [2.24, 2.45) is 0 Å². The minimum absolute atomic E-state index is 0.00592. The number of Topliss-reactive ketones (excluding diaryl/α,β-unsaturated/α-hetero) is 1. The molecule has 188 valence electrons. The Morgan fingerprint density at radius 2 is 1.89 bits per heavy atom. The van der Waals surface area contributed by atoms with Gasteiger partial charge in [-0.1, -0.05) is 26.0 Å². The maximum atomic E-state index is 13.2. The summed E-state index contributed by atoms with van der Waals surface area (Å²) in [4.78, 5) is 36.7. The number of aromatic nitrogens is 4. The van der Waals surface area contributed by atoms with Crippen LogP contribution in [0.3, 0.4) is 0 Å². The SMILES string of the molecule is CN1CCC(NC(=O)c2ccc(CCC(=O)c3[nH]nc4c3C(C)(C)Cc3cnc(N)nc3-4)cc2)CC1. The number of rotatable bonds is 6. The van der Waals surface area contributed by atoms with Crippen molar-refractivity contribution in [1.29, 1.82) is 0 Å². The van der Waals surface area contributed by atoms with Crippen LogP contribution in [0.2, 0.25) is 0 Å². The second kappa shape index (κ2) is 9.46. The number of likely N-dealkylation sites (tertiary alicyclic amines) is 1. The number of nitrogen functional groups attached to an aromatic ring is 1. The van der Waals surface area contributed by atoms with Gasteiger partial charge in [0.1, 0.15) is 11.4 Å². The largest absolute Gasteiger partial charge is 0.368 e. The average Bonchev–Trinajstić information content (AvgIpc) is 3.32. The van der Waals surface area contributed by atoms with Crippen molar-refractivity contribution in [3.63, 3.8) is 0 Å². The van der Waals surface area contributed by atoms with E-state index >= 15 is 0 Å². The van der Waals surface area contributed by atoms with Gasteiger partial charge in [0.05, 0.1) is 5.69 Å². The van der Waals surface area contributed by atoms with E-state index in [-0.39, 0.29) is 29.1 Å². The van der Waals surface area contributed by atoms with E-state index in [0.29, 0.717) is 41.9 Å². The van der Waals surface area contributed by atoms with E-state index in [9.17, 15) is 9.59 Å². The number of nitrogens with zero attached hydrogens (tertiary/aromatic N) is 4. The Bertz CT molecular complexity index is 1290. The second-order valence-electron chi connectivity index (χ2n) is 10.7. The lowest BCUT2D eigenvalue weighted by atomic mass is 9.72. The zero-order valence-corrected chi connectivity index (χ0v) is 21.1. The summed E-state index contributed by atoms with van der Waals surface area (Å²) < 4.78 is 0. The van der Waals surface area contributed by atoms with Gasteiger partial charge in [-0.3, -0.25) is 14.7 Å². The molecule has 0 bridgehead atoms. The van der Waals surface area contributed by atoms with Gasteiger partial charge in [-0.2, -0.15) is 5.10 Å². The maximum absolute atomic E-state index is 13.2. The Hall–Kier alpha value is -3.59. The van der Waals surface area contributed by atoms with Crippen LogP contribution in [-0.2, 0) is 18.3 Å². The summed E-state index contributed by atoms with van der Waals surface area (Å²) in [6.45, 7) is 6.21. The number of nitrogens with one attached hydrogen (secondary N) is 2. The molecule has 0 saturated carbocycles. The van der Waals surface area contributed by atoms with E-state index in [4.69, 9.17) is 5.73 Å². The number of nitrogens with two attached hydrogens (primary N) is 1. The Kier molecular flexibility index (Phi) is 6.34. The average molecular weight is 488 g/mol. The lowest BCUT2D eigenvalue weighted by molar-refractivity contribution is 0.0915. The number of anilines is 1. The van der Waals surface area contributed by atoms with Gasteiger partial charge < -0.3 is 16.0 Å². The van der Waals surface area contributed by atoms with Gasteiger partial charge in [-0.15, -0.1) is 0 Å². The molecule has 1 aliphatic carbocycles. The van der Waals surface area contributed by atoms with Crippen LogP contribution in [-0.4, -0.2) is 62.9 Å². The lowest BCUT2D eigenvalue weighted by Crippen LogP contribution is -2.43. The van der Waals surface area contributed by atoms with Crippen LogP contribution < -0.4 is 11.1 Å². The lowest BCUT2D eigenvalue weighted by Gasteiger charge is -2.30. The van der Waals surface area contributed by atoms with Crippen LogP contribution in [0.4, 0.5) is 5.95 Å². The number of hydrogen-bond acceptors (Lipinski definition) is 7. The predicted molar refractivity (Wildman–Crippen MR) is 138 cm³/mol. The Morgan fingerprint density at radius 3 is 2.61 bits per heavy atom. The molecule has 2 aromatic heterocycles. The van der Waals surface area contributed by atoms with Gasteiger partial charge in [0.25, 0.3) is 5.91 Å². The fraction of sp³-hybridized carbons (Fsp3) is 0.444. The standard InChI is InChI=1S/C27H33N7O2/c1-27(2)14-18-15-29-26(28)31-22(18)24-21(27)23(32-33-24)20(35)9-6-16-4-7-17(8-5-16)25(36)30-19-10-12-34(3)13-11-19/h4-5,7-8,15,19H,6,9-14H2,1-3H3,(H,30,36)(H,32,33)(H2,28,29,31). The van der Waals surface area contributed by atoms with Gasteiger partial charge >= 0.3 is 0 Å². The van der Waals surface area contributed by atoms with Gasteiger partial charge in [0, 0.05) is 29.8 Å². The maximum Gasteiger partial charge on any atom is 0.251 e. The quantitative estimate of drug-likeness (QED) is 0.456. The molecule has 36 heavy (non-hydrogen) atoms. The molecule has 0 radical (unpaired) electrons. The third-order valence-electron chi connectivity index (χ3n) is 7.37. The number of H-pyrrole nitrogens is 1. The first-order valence-electron chi connectivity index (χ1n) is 12.5. The number of carbonyl (C=O) groups is 2. The Balaban J connectivity index is 1.24. The van der Waals surface area contributed by atoms with Crippen molar-refractivity contribution in [3.8, 4) is 11.4 Å². The molecule has 1 aliphatic heterocycles. The highest BCUT2D eigenvalue weighted by Crippen LogP contribution is 2.43. The number of hydrogen-bond donors (Lipinski definition) is 3. The first kappa shape index (κ1) is 24.1. The molecule has 0 unspecified atom stereocenters. The van der Waals surface area contributed by atoms with Crippen molar-refractivity contribution in [2.45, 2.75) is 57.4 Å². The molecule has 0 atom stereocenters. The van der Waals surface area contributed by atoms with Crippen LogP contribution in [0.5, 0.6) is 0 Å². The summed E-state index contributed by atoms with van der Waals surface area (Å²) in [5, 5.41) is 10.6.